The number of carbonyl (C=O) groups excluding carboxylic acids is 1. The average Bonchev–Trinajstić information content (AvgIpc) is 3.08. The predicted octanol–water partition coefficient (Wildman–Crippen LogP) is 4.21. The molecule has 0 unspecified atom stereocenters. The van der Waals surface area contributed by atoms with Crippen molar-refractivity contribution in [2.24, 2.45) is 5.92 Å². The van der Waals surface area contributed by atoms with E-state index in [2.05, 4.69) is 31.4 Å². The van der Waals surface area contributed by atoms with Gasteiger partial charge in [0.1, 0.15) is 5.75 Å². The zero-order chi connectivity index (χ0) is 17.2. The Hall–Kier alpha value is -1.81. The molecule has 0 bridgehead atoms. The number of nitrogens with zero attached hydrogens (tertiary/aromatic N) is 1. The van der Waals surface area contributed by atoms with Crippen molar-refractivity contribution in [1.82, 2.24) is 4.90 Å². The van der Waals surface area contributed by atoms with Gasteiger partial charge in [-0.25, -0.2) is 0 Å². The van der Waals surface area contributed by atoms with Crippen molar-refractivity contribution in [2.45, 2.75) is 38.5 Å². The van der Waals surface area contributed by atoms with Crippen molar-refractivity contribution < 1.29 is 9.90 Å². The van der Waals surface area contributed by atoms with Gasteiger partial charge in [0.05, 0.1) is 0 Å². The zero-order valence-corrected chi connectivity index (χ0v) is 15.2. The van der Waals surface area contributed by atoms with Crippen molar-refractivity contribution in [1.29, 1.82) is 0 Å². The number of thiophene rings is 1. The SMILES string of the molecule is C[C@H]1CN(C(=O)CCc2cccs2)CC[C@@]1(C)c1cccc(O)c1. The fraction of sp³-hybridized carbons (Fsp3) is 0.450. The number of amides is 1. The van der Waals surface area contributed by atoms with E-state index < -0.39 is 0 Å². The lowest BCUT2D eigenvalue weighted by atomic mass is 9.68. The summed E-state index contributed by atoms with van der Waals surface area (Å²) in [6.45, 7) is 6.04. The summed E-state index contributed by atoms with van der Waals surface area (Å²) in [7, 11) is 0. The predicted molar refractivity (Wildman–Crippen MR) is 98.5 cm³/mol. The van der Waals surface area contributed by atoms with Crippen molar-refractivity contribution in [3.05, 3.63) is 52.2 Å². The number of rotatable bonds is 4. The third-order valence-corrected chi connectivity index (χ3v) is 6.44. The third-order valence-electron chi connectivity index (χ3n) is 5.51. The lowest BCUT2D eigenvalue weighted by Gasteiger charge is -2.45. The number of benzene rings is 1. The molecule has 1 fully saturated rings. The molecule has 1 saturated heterocycles. The van der Waals surface area contributed by atoms with Crippen LogP contribution >= 0.6 is 11.3 Å². The van der Waals surface area contributed by atoms with Crippen molar-refractivity contribution in [3.63, 3.8) is 0 Å². The Bertz CT molecular complexity index is 697. The summed E-state index contributed by atoms with van der Waals surface area (Å²) >= 11 is 1.72. The summed E-state index contributed by atoms with van der Waals surface area (Å²) in [5.41, 5.74) is 1.17. The molecule has 1 aromatic heterocycles. The highest BCUT2D eigenvalue weighted by molar-refractivity contribution is 7.09. The van der Waals surface area contributed by atoms with Crippen molar-refractivity contribution >= 4 is 17.2 Å². The lowest BCUT2D eigenvalue weighted by Crippen LogP contribution is -2.49. The highest BCUT2D eigenvalue weighted by Gasteiger charge is 2.39. The van der Waals surface area contributed by atoms with Crippen LogP contribution in [0, 0.1) is 5.92 Å². The highest BCUT2D eigenvalue weighted by Crippen LogP contribution is 2.40. The first kappa shape index (κ1) is 17.0. The second kappa shape index (κ2) is 6.98. The van der Waals surface area contributed by atoms with Gasteiger partial charge in [-0.05, 0) is 53.3 Å². The highest BCUT2D eigenvalue weighted by atomic mass is 32.1. The van der Waals surface area contributed by atoms with Crippen LogP contribution < -0.4 is 0 Å². The minimum Gasteiger partial charge on any atom is -0.508 e. The smallest absolute Gasteiger partial charge is 0.222 e. The number of phenolic OH excluding ortho intramolecular Hbond substituents is 1. The molecule has 2 heterocycles. The molecule has 3 rings (SSSR count). The van der Waals surface area contributed by atoms with Crippen LogP contribution in [0.5, 0.6) is 5.75 Å². The largest absolute Gasteiger partial charge is 0.508 e. The van der Waals surface area contributed by atoms with E-state index in [9.17, 15) is 9.90 Å². The van der Waals surface area contributed by atoms with Crippen LogP contribution in [0.2, 0.25) is 0 Å². The lowest BCUT2D eigenvalue weighted by molar-refractivity contribution is -0.133. The maximum Gasteiger partial charge on any atom is 0.222 e. The molecule has 1 N–H and O–H groups in total. The van der Waals surface area contributed by atoms with Gasteiger partial charge >= 0.3 is 0 Å². The molecule has 0 radical (unpaired) electrons. The van der Waals surface area contributed by atoms with Crippen LogP contribution in [-0.2, 0) is 16.6 Å². The van der Waals surface area contributed by atoms with E-state index in [0.29, 0.717) is 18.1 Å². The van der Waals surface area contributed by atoms with Gasteiger partial charge in [0.2, 0.25) is 5.91 Å². The number of phenols is 1. The molecule has 3 nitrogen and oxygen atoms in total. The topological polar surface area (TPSA) is 40.5 Å². The summed E-state index contributed by atoms with van der Waals surface area (Å²) in [5.74, 6) is 0.933. The molecule has 0 spiro atoms. The maximum absolute atomic E-state index is 12.5. The molecule has 128 valence electrons. The van der Waals surface area contributed by atoms with Gasteiger partial charge in [0.25, 0.3) is 0 Å². The fourth-order valence-corrected chi connectivity index (χ4v) is 4.31. The second-order valence-corrected chi connectivity index (χ2v) is 8.07. The van der Waals surface area contributed by atoms with E-state index >= 15 is 0 Å². The number of carbonyl (C=O) groups is 1. The van der Waals surface area contributed by atoms with Gasteiger partial charge in [-0.15, -0.1) is 11.3 Å². The van der Waals surface area contributed by atoms with Gasteiger partial charge in [0, 0.05) is 24.4 Å². The molecular weight excluding hydrogens is 318 g/mol. The third kappa shape index (κ3) is 3.48. The maximum atomic E-state index is 12.5. The Morgan fingerprint density at radius 1 is 1.38 bits per heavy atom. The van der Waals surface area contributed by atoms with E-state index in [1.165, 1.54) is 10.4 Å². The van der Waals surface area contributed by atoms with Crippen molar-refractivity contribution in [2.75, 3.05) is 13.1 Å². The zero-order valence-electron chi connectivity index (χ0n) is 14.4. The number of aryl methyl sites for hydroxylation is 1. The van der Waals surface area contributed by atoms with E-state index in [-0.39, 0.29) is 11.3 Å². The minimum atomic E-state index is 0.00325. The minimum absolute atomic E-state index is 0.00325. The fourth-order valence-electron chi connectivity index (χ4n) is 3.60. The first-order valence-electron chi connectivity index (χ1n) is 8.59. The van der Waals surface area contributed by atoms with E-state index in [0.717, 1.165) is 25.9 Å². The number of piperidine rings is 1. The Labute approximate surface area is 147 Å². The Kier molecular flexibility index (Phi) is 4.95. The number of likely N-dealkylation sites (tertiary alicyclic amines) is 1. The summed E-state index contributed by atoms with van der Waals surface area (Å²) in [6, 6.07) is 11.7. The Balaban J connectivity index is 1.63. The van der Waals surface area contributed by atoms with Crippen LogP contribution in [-0.4, -0.2) is 29.0 Å². The number of hydrogen-bond donors (Lipinski definition) is 1. The molecule has 1 aliphatic rings. The Morgan fingerprint density at radius 2 is 2.21 bits per heavy atom. The van der Waals surface area contributed by atoms with Gasteiger partial charge in [-0.1, -0.05) is 32.0 Å². The van der Waals surface area contributed by atoms with Gasteiger partial charge in [0.15, 0.2) is 0 Å². The first-order valence-corrected chi connectivity index (χ1v) is 9.46. The van der Waals surface area contributed by atoms with Crippen LogP contribution in [0.4, 0.5) is 0 Å². The summed E-state index contributed by atoms with van der Waals surface area (Å²) < 4.78 is 0. The molecule has 24 heavy (non-hydrogen) atoms. The molecule has 4 heteroatoms. The van der Waals surface area contributed by atoms with E-state index in [1.54, 1.807) is 17.4 Å². The number of aromatic hydroxyl groups is 1. The first-order chi connectivity index (χ1) is 11.5. The molecular formula is C20H25NO2S. The van der Waals surface area contributed by atoms with Crippen LogP contribution in [0.25, 0.3) is 0 Å². The van der Waals surface area contributed by atoms with Gasteiger partial charge < -0.3 is 10.0 Å². The molecule has 2 atom stereocenters. The van der Waals surface area contributed by atoms with Crippen LogP contribution in [0.3, 0.4) is 0 Å². The molecule has 2 aromatic rings. The molecule has 1 amide bonds. The van der Waals surface area contributed by atoms with E-state index in [4.69, 9.17) is 0 Å². The summed E-state index contributed by atoms with van der Waals surface area (Å²) in [5, 5.41) is 11.8. The monoisotopic (exact) mass is 343 g/mol. The Morgan fingerprint density at radius 3 is 2.88 bits per heavy atom. The van der Waals surface area contributed by atoms with Crippen LogP contribution in [0.15, 0.2) is 41.8 Å². The molecule has 1 aliphatic heterocycles. The summed E-state index contributed by atoms with van der Waals surface area (Å²) in [6.07, 6.45) is 2.36. The van der Waals surface area contributed by atoms with Gasteiger partial charge in [-0.2, -0.15) is 0 Å². The average molecular weight is 343 g/mol. The molecule has 0 saturated carbocycles. The number of hydrogen-bond acceptors (Lipinski definition) is 3. The second-order valence-electron chi connectivity index (χ2n) is 7.04. The van der Waals surface area contributed by atoms with Crippen LogP contribution in [0.1, 0.15) is 37.1 Å². The quantitative estimate of drug-likeness (QED) is 0.903. The standard InChI is InChI=1S/C20H25NO2S/c1-15-14-21(19(23)9-8-18-7-4-12-24-18)11-10-20(15,2)16-5-3-6-17(22)13-16/h3-7,12-13,15,22H,8-11,14H2,1-2H3/t15-,20+/m0/s1. The summed E-state index contributed by atoms with van der Waals surface area (Å²) in [4.78, 5) is 15.8. The van der Waals surface area contributed by atoms with Gasteiger partial charge in [-0.3, -0.25) is 4.79 Å². The normalized spacial score (nSPS) is 24.1. The molecule has 1 aromatic carbocycles. The molecule has 0 aliphatic carbocycles. The van der Waals surface area contributed by atoms with E-state index in [1.807, 2.05) is 23.1 Å². The van der Waals surface area contributed by atoms with Crippen molar-refractivity contribution in [3.8, 4) is 5.75 Å².